The predicted molar refractivity (Wildman–Crippen MR) is 71.8 cm³/mol. The number of benzene rings is 1. The van der Waals surface area contributed by atoms with Crippen molar-refractivity contribution in [2.45, 2.75) is 12.6 Å². The molecule has 1 heterocycles. The van der Waals surface area contributed by atoms with E-state index in [0.29, 0.717) is 6.04 Å². The van der Waals surface area contributed by atoms with E-state index in [4.69, 9.17) is 23.2 Å². The quantitative estimate of drug-likeness (QED) is 0.916. The summed E-state index contributed by atoms with van der Waals surface area (Å²) in [5, 5.41) is 4.79. The zero-order chi connectivity index (χ0) is 10.8. The summed E-state index contributed by atoms with van der Waals surface area (Å²) in [6, 6.07) is 6.23. The van der Waals surface area contributed by atoms with Crippen LogP contribution in [0.5, 0.6) is 0 Å². The zero-order valence-corrected chi connectivity index (χ0v) is 11.4. The molecule has 0 bridgehead atoms. The van der Waals surface area contributed by atoms with Gasteiger partial charge in [-0.2, -0.15) is 0 Å². The average molecular weight is 282 g/mol. The Morgan fingerprint density at radius 3 is 2.62 bits per heavy atom. The summed E-state index contributed by atoms with van der Waals surface area (Å²) in [7, 11) is 2.11. The average Bonchev–Trinajstić information content (AvgIpc) is 2.08. The lowest BCUT2D eigenvalue weighted by Crippen LogP contribution is -2.55. The molecule has 0 saturated carbocycles. The van der Waals surface area contributed by atoms with E-state index in [0.717, 1.165) is 35.2 Å². The van der Waals surface area contributed by atoms with Crippen LogP contribution in [0, 0.1) is 0 Å². The molecule has 1 aromatic rings. The highest BCUT2D eigenvalue weighted by Crippen LogP contribution is 2.22. The van der Waals surface area contributed by atoms with Gasteiger partial charge in [0.1, 0.15) is 0 Å². The molecule has 0 aliphatic carbocycles. The molecule has 2 rings (SSSR count). The highest BCUT2D eigenvalue weighted by atomic mass is 35.5. The Labute approximate surface area is 112 Å². The van der Waals surface area contributed by atoms with Crippen LogP contribution >= 0.6 is 35.6 Å². The first-order valence-corrected chi connectivity index (χ1v) is 5.77. The van der Waals surface area contributed by atoms with E-state index in [1.54, 1.807) is 0 Å². The van der Waals surface area contributed by atoms with Crippen molar-refractivity contribution in [3.8, 4) is 0 Å². The Balaban J connectivity index is 0.00000128. The molecule has 0 aromatic heterocycles. The Bertz CT molecular complexity index is 353. The van der Waals surface area contributed by atoms with Gasteiger partial charge in [-0.1, -0.05) is 23.2 Å². The topological polar surface area (TPSA) is 15.3 Å². The van der Waals surface area contributed by atoms with Crippen LogP contribution in [0.15, 0.2) is 18.2 Å². The van der Waals surface area contributed by atoms with Gasteiger partial charge < -0.3 is 5.32 Å². The third-order valence-corrected chi connectivity index (χ3v) is 3.41. The standard InChI is InChI=1S/C11H14Cl2N2.ClH/c1-15(10-5-14-6-10)7-8-4-9(12)2-3-11(8)13;/h2-4,10,14H,5-7H2,1H3;1H. The summed E-state index contributed by atoms with van der Waals surface area (Å²) in [5.41, 5.74) is 1.10. The van der Waals surface area contributed by atoms with Crippen LogP contribution in [-0.4, -0.2) is 31.1 Å². The van der Waals surface area contributed by atoms with Gasteiger partial charge in [-0.05, 0) is 30.8 Å². The van der Waals surface area contributed by atoms with E-state index in [2.05, 4.69) is 17.3 Å². The number of likely N-dealkylation sites (N-methyl/N-ethyl adjacent to an activating group) is 1. The second-order valence-corrected chi connectivity index (χ2v) is 4.81. The van der Waals surface area contributed by atoms with Crippen LogP contribution in [0.25, 0.3) is 0 Å². The molecule has 1 aliphatic rings. The molecule has 0 atom stereocenters. The molecule has 1 aromatic carbocycles. The maximum Gasteiger partial charge on any atom is 0.0452 e. The fourth-order valence-electron chi connectivity index (χ4n) is 1.65. The summed E-state index contributed by atoms with van der Waals surface area (Å²) >= 11 is 12.0. The minimum Gasteiger partial charge on any atom is -0.314 e. The third-order valence-electron chi connectivity index (χ3n) is 2.81. The van der Waals surface area contributed by atoms with Crippen molar-refractivity contribution >= 4 is 35.6 Å². The maximum absolute atomic E-state index is 6.11. The predicted octanol–water partition coefficient (Wildman–Crippen LogP) is 2.82. The lowest BCUT2D eigenvalue weighted by atomic mass is 10.1. The van der Waals surface area contributed by atoms with Crippen LogP contribution in [0.3, 0.4) is 0 Å². The van der Waals surface area contributed by atoms with Crippen LogP contribution in [0.2, 0.25) is 10.0 Å². The Morgan fingerprint density at radius 1 is 1.38 bits per heavy atom. The molecule has 16 heavy (non-hydrogen) atoms. The van der Waals surface area contributed by atoms with Crippen LogP contribution in [-0.2, 0) is 6.54 Å². The van der Waals surface area contributed by atoms with E-state index >= 15 is 0 Å². The lowest BCUT2D eigenvalue weighted by Gasteiger charge is -2.35. The Kier molecular flexibility index (Phi) is 5.35. The van der Waals surface area contributed by atoms with Gasteiger partial charge in [0.2, 0.25) is 0 Å². The molecular formula is C11H15Cl3N2. The molecule has 90 valence electrons. The fourth-order valence-corrected chi connectivity index (χ4v) is 2.02. The molecule has 5 heteroatoms. The van der Waals surface area contributed by atoms with Crippen molar-refractivity contribution < 1.29 is 0 Å². The molecule has 1 aliphatic heterocycles. The third kappa shape index (κ3) is 3.25. The van der Waals surface area contributed by atoms with Crippen molar-refractivity contribution in [3.05, 3.63) is 33.8 Å². The molecule has 1 saturated heterocycles. The van der Waals surface area contributed by atoms with E-state index in [-0.39, 0.29) is 12.4 Å². The van der Waals surface area contributed by atoms with Gasteiger partial charge in [0, 0.05) is 35.7 Å². The van der Waals surface area contributed by atoms with Crippen LogP contribution in [0.1, 0.15) is 5.56 Å². The minimum atomic E-state index is 0. The number of hydrogen-bond acceptors (Lipinski definition) is 2. The Hall–Kier alpha value is 0.01000. The number of nitrogens with one attached hydrogen (secondary N) is 1. The van der Waals surface area contributed by atoms with E-state index in [9.17, 15) is 0 Å². The summed E-state index contributed by atoms with van der Waals surface area (Å²) in [6.07, 6.45) is 0. The summed E-state index contributed by atoms with van der Waals surface area (Å²) in [5.74, 6) is 0. The highest BCUT2D eigenvalue weighted by Gasteiger charge is 2.21. The molecule has 0 amide bonds. The van der Waals surface area contributed by atoms with Gasteiger partial charge in [0.15, 0.2) is 0 Å². The molecule has 2 nitrogen and oxygen atoms in total. The van der Waals surface area contributed by atoms with Crippen molar-refractivity contribution in [2.24, 2.45) is 0 Å². The molecule has 0 unspecified atom stereocenters. The van der Waals surface area contributed by atoms with Crippen LogP contribution in [0.4, 0.5) is 0 Å². The van der Waals surface area contributed by atoms with Crippen molar-refractivity contribution in [1.82, 2.24) is 10.2 Å². The summed E-state index contributed by atoms with van der Waals surface area (Å²) < 4.78 is 0. The first kappa shape index (κ1) is 14.1. The van der Waals surface area contributed by atoms with Gasteiger partial charge in [0.05, 0.1) is 0 Å². The Morgan fingerprint density at radius 2 is 2.06 bits per heavy atom. The van der Waals surface area contributed by atoms with Crippen LogP contribution < -0.4 is 5.32 Å². The lowest BCUT2D eigenvalue weighted by molar-refractivity contribution is 0.173. The molecule has 0 radical (unpaired) electrons. The van der Waals surface area contributed by atoms with Crippen molar-refractivity contribution in [2.75, 3.05) is 20.1 Å². The normalized spacial score (nSPS) is 15.8. The minimum absolute atomic E-state index is 0. The zero-order valence-electron chi connectivity index (χ0n) is 9.04. The van der Waals surface area contributed by atoms with Gasteiger partial charge >= 0.3 is 0 Å². The first-order chi connectivity index (χ1) is 7.16. The summed E-state index contributed by atoms with van der Waals surface area (Å²) in [6.45, 7) is 2.98. The molecule has 0 spiro atoms. The maximum atomic E-state index is 6.11. The fraction of sp³-hybridized carbons (Fsp3) is 0.455. The van der Waals surface area contributed by atoms with Crippen molar-refractivity contribution in [3.63, 3.8) is 0 Å². The first-order valence-electron chi connectivity index (χ1n) is 5.01. The number of hydrogen-bond donors (Lipinski definition) is 1. The van der Waals surface area contributed by atoms with Gasteiger partial charge in [0.25, 0.3) is 0 Å². The second-order valence-electron chi connectivity index (χ2n) is 3.96. The van der Waals surface area contributed by atoms with E-state index < -0.39 is 0 Å². The van der Waals surface area contributed by atoms with Crippen molar-refractivity contribution in [1.29, 1.82) is 0 Å². The smallest absolute Gasteiger partial charge is 0.0452 e. The van der Waals surface area contributed by atoms with Gasteiger partial charge in [-0.15, -0.1) is 12.4 Å². The number of rotatable bonds is 3. The monoisotopic (exact) mass is 280 g/mol. The van der Waals surface area contributed by atoms with E-state index in [1.165, 1.54) is 0 Å². The molecule has 1 N–H and O–H groups in total. The second kappa shape index (κ2) is 6.08. The number of halogens is 3. The van der Waals surface area contributed by atoms with Gasteiger partial charge in [-0.25, -0.2) is 0 Å². The van der Waals surface area contributed by atoms with E-state index in [1.807, 2.05) is 18.2 Å². The molecular weight excluding hydrogens is 266 g/mol. The highest BCUT2D eigenvalue weighted by molar-refractivity contribution is 6.33. The summed E-state index contributed by atoms with van der Waals surface area (Å²) in [4.78, 5) is 2.30. The van der Waals surface area contributed by atoms with Gasteiger partial charge in [-0.3, -0.25) is 4.90 Å². The largest absolute Gasteiger partial charge is 0.314 e. The SMILES string of the molecule is CN(Cc1cc(Cl)ccc1Cl)C1CNC1.Cl. The number of nitrogens with zero attached hydrogens (tertiary/aromatic N) is 1. The molecule has 1 fully saturated rings.